The number of thioether (sulfide) groups is 1. The van der Waals surface area contributed by atoms with Gasteiger partial charge in [0.25, 0.3) is 0 Å². The van der Waals surface area contributed by atoms with Crippen molar-refractivity contribution in [3.63, 3.8) is 0 Å². The van der Waals surface area contributed by atoms with Gasteiger partial charge in [0.2, 0.25) is 0 Å². The highest BCUT2D eigenvalue weighted by Gasteiger charge is 2.46. The van der Waals surface area contributed by atoms with E-state index in [1.54, 1.807) is 18.2 Å². The third-order valence-electron chi connectivity index (χ3n) is 2.63. The Balaban J connectivity index is 2.50. The van der Waals surface area contributed by atoms with Crippen LogP contribution < -0.4 is 0 Å². The number of hydrogen-bond acceptors (Lipinski definition) is 3. The lowest BCUT2D eigenvalue weighted by Gasteiger charge is -2.28. The molecule has 0 bridgehead atoms. The van der Waals surface area contributed by atoms with Crippen LogP contribution in [0.15, 0.2) is 28.7 Å². The maximum absolute atomic E-state index is 12.8. The number of fused-ring (bicyclic) bond motifs is 1. The molecule has 18 heavy (non-hydrogen) atoms. The Morgan fingerprint density at radius 1 is 1.28 bits per heavy atom. The minimum Gasteiger partial charge on any atom is -0.365 e. The number of alkyl halides is 3. The predicted molar refractivity (Wildman–Crippen MR) is 63.1 cm³/mol. The van der Waals surface area contributed by atoms with Gasteiger partial charge in [-0.1, -0.05) is 17.7 Å². The van der Waals surface area contributed by atoms with Crippen molar-refractivity contribution in [3.8, 4) is 0 Å². The minimum atomic E-state index is -4.51. The van der Waals surface area contributed by atoms with E-state index in [-0.39, 0.29) is 0 Å². The monoisotopic (exact) mass is 276 g/mol. The van der Waals surface area contributed by atoms with Gasteiger partial charge < -0.3 is 10.2 Å². The second-order valence-corrected chi connectivity index (χ2v) is 5.25. The molecular formula is C12H11F3O2S. The SMILES string of the molecule is Cc1ccc2c(c1)C=C(C(O)O)C(C(F)(F)F)S2. The first-order chi connectivity index (χ1) is 8.29. The van der Waals surface area contributed by atoms with E-state index in [1.165, 1.54) is 6.08 Å². The molecule has 1 aliphatic heterocycles. The summed E-state index contributed by atoms with van der Waals surface area (Å²) >= 11 is 0.596. The predicted octanol–water partition coefficient (Wildman–Crippen LogP) is 2.73. The lowest BCUT2D eigenvalue weighted by molar-refractivity contribution is -0.129. The third-order valence-corrected chi connectivity index (χ3v) is 4.03. The summed E-state index contributed by atoms with van der Waals surface area (Å²) in [6.45, 7) is 1.82. The number of benzene rings is 1. The van der Waals surface area contributed by atoms with E-state index >= 15 is 0 Å². The first kappa shape index (κ1) is 13.5. The molecular weight excluding hydrogens is 265 g/mol. The minimum absolute atomic E-state index is 0.425. The highest BCUT2D eigenvalue weighted by atomic mass is 32.2. The Hall–Kier alpha value is -0.980. The van der Waals surface area contributed by atoms with Crippen LogP contribution in [-0.2, 0) is 0 Å². The molecule has 98 valence electrons. The Labute approximate surface area is 106 Å². The molecule has 6 heteroatoms. The quantitative estimate of drug-likeness (QED) is 0.775. The molecule has 0 saturated carbocycles. The zero-order valence-electron chi connectivity index (χ0n) is 9.40. The third kappa shape index (κ3) is 2.55. The van der Waals surface area contributed by atoms with E-state index in [4.69, 9.17) is 10.2 Å². The van der Waals surface area contributed by atoms with Crippen molar-refractivity contribution in [2.45, 2.75) is 29.5 Å². The van der Waals surface area contributed by atoms with E-state index < -0.39 is 23.3 Å². The normalized spacial score (nSPS) is 19.7. The van der Waals surface area contributed by atoms with E-state index in [0.29, 0.717) is 22.2 Å². The Morgan fingerprint density at radius 3 is 2.50 bits per heavy atom. The van der Waals surface area contributed by atoms with Crippen LogP contribution in [0, 0.1) is 6.92 Å². The van der Waals surface area contributed by atoms with Crippen molar-refractivity contribution in [1.82, 2.24) is 0 Å². The molecule has 0 spiro atoms. The van der Waals surface area contributed by atoms with Gasteiger partial charge in [0.1, 0.15) is 5.25 Å². The topological polar surface area (TPSA) is 40.5 Å². The summed E-state index contributed by atoms with van der Waals surface area (Å²) in [5, 5.41) is 16.2. The maximum Gasteiger partial charge on any atom is 0.404 e. The smallest absolute Gasteiger partial charge is 0.365 e. The first-order valence-corrected chi connectivity index (χ1v) is 6.08. The van der Waals surface area contributed by atoms with Crippen LogP contribution in [0.1, 0.15) is 11.1 Å². The van der Waals surface area contributed by atoms with Crippen molar-refractivity contribution >= 4 is 17.8 Å². The number of aliphatic hydroxyl groups is 2. The van der Waals surface area contributed by atoms with Crippen LogP contribution in [0.3, 0.4) is 0 Å². The molecule has 0 saturated heterocycles. The molecule has 0 aliphatic carbocycles. The Morgan fingerprint density at radius 2 is 1.94 bits per heavy atom. The van der Waals surface area contributed by atoms with Crippen molar-refractivity contribution in [2.24, 2.45) is 0 Å². The van der Waals surface area contributed by atoms with Crippen molar-refractivity contribution < 1.29 is 23.4 Å². The summed E-state index contributed by atoms with van der Waals surface area (Å²) in [6.07, 6.45) is -5.40. The Kier molecular flexibility index (Phi) is 3.44. The molecule has 1 aliphatic rings. The maximum atomic E-state index is 12.8. The number of hydrogen-bond donors (Lipinski definition) is 2. The highest BCUT2D eigenvalue weighted by Crippen LogP contribution is 2.45. The van der Waals surface area contributed by atoms with E-state index in [1.807, 2.05) is 6.92 Å². The molecule has 2 N–H and O–H groups in total. The van der Waals surface area contributed by atoms with Crippen LogP contribution >= 0.6 is 11.8 Å². The Bertz CT molecular complexity index is 495. The summed E-state index contributed by atoms with van der Waals surface area (Å²) in [4.78, 5) is 0.493. The standard InChI is InChI=1S/C12H11F3O2S/c1-6-2-3-9-7(4-6)5-8(11(16)17)10(18-9)12(13,14)15/h2-5,10-11,16-17H,1H3. The molecule has 1 heterocycles. The number of rotatable bonds is 1. The molecule has 1 aromatic rings. The van der Waals surface area contributed by atoms with Gasteiger partial charge in [0.15, 0.2) is 6.29 Å². The highest BCUT2D eigenvalue weighted by molar-refractivity contribution is 8.00. The molecule has 1 atom stereocenters. The van der Waals surface area contributed by atoms with Crippen molar-refractivity contribution in [1.29, 1.82) is 0 Å². The average Bonchev–Trinajstić information content (AvgIpc) is 2.25. The number of halogens is 3. The number of aryl methyl sites for hydroxylation is 1. The lowest BCUT2D eigenvalue weighted by Crippen LogP contribution is -2.34. The van der Waals surface area contributed by atoms with Crippen LogP contribution in [0.25, 0.3) is 6.08 Å². The van der Waals surface area contributed by atoms with Gasteiger partial charge in [0, 0.05) is 10.5 Å². The molecule has 2 nitrogen and oxygen atoms in total. The molecule has 2 rings (SSSR count). The van der Waals surface area contributed by atoms with E-state index in [9.17, 15) is 13.2 Å². The fourth-order valence-electron chi connectivity index (χ4n) is 1.80. The van der Waals surface area contributed by atoms with Crippen molar-refractivity contribution in [3.05, 3.63) is 34.9 Å². The average molecular weight is 276 g/mol. The van der Waals surface area contributed by atoms with Crippen LogP contribution in [-0.4, -0.2) is 27.9 Å². The second-order valence-electron chi connectivity index (χ2n) is 4.10. The van der Waals surface area contributed by atoms with Gasteiger partial charge in [0.05, 0.1) is 0 Å². The molecule has 1 unspecified atom stereocenters. The summed E-state index contributed by atoms with van der Waals surface area (Å²) in [5.74, 6) is 0. The molecule has 0 fully saturated rings. The van der Waals surface area contributed by atoms with Gasteiger partial charge in [-0.2, -0.15) is 13.2 Å². The van der Waals surface area contributed by atoms with Crippen molar-refractivity contribution in [2.75, 3.05) is 0 Å². The van der Waals surface area contributed by atoms with Crippen LogP contribution in [0.4, 0.5) is 13.2 Å². The van der Waals surface area contributed by atoms with Crippen LogP contribution in [0.2, 0.25) is 0 Å². The van der Waals surface area contributed by atoms with Gasteiger partial charge in [-0.15, -0.1) is 11.8 Å². The number of aliphatic hydroxyl groups excluding tert-OH is 1. The summed E-state index contributed by atoms with van der Waals surface area (Å²) in [7, 11) is 0. The molecule has 0 radical (unpaired) electrons. The summed E-state index contributed by atoms with van der Waals surface area (Å²) in [5.41, 5.74) is 1.07. The summed E-state index contributed by atoms with van der Waals surface area (Å²) < 4.78 is 38.5. The first-order valence-electron chi connectivity index (χ1n) is 5.20. The van der Waals surface area contributed by atoms with E-state index in [2.05, 4.69) is 0 Å². The van der Waals surface area contributed by atoms with Gasteiger partial charge in [-0.3, -0.25) is 0 Å². The van der Waals surface area contributed by atoms with Gasteiger partial charge >= 0.3 is 6.18 Å². The van der Waals surface area contributed by atoms with Gasteiger partial charge in [-0.25, -0.2) is 0 Å². The zero-order chi connectivity index (χ0) is 13.5. The largest absolute Gasteiger partial charge is 0.404 e. The fourth-order valence-corrected chi connectivity index (χ4v) is 2.92. The zero-order valence-corrected chi connectivity index (χ0v) is 10.2. The van der Waals surface area contributed by atoms with E-state index in [0.717, 1.165) is 5.56 Å². The molecule has 0 amide bonds. The molecule has 1 aromatic carbocycles. The molecule has 0 aromatic heterocycles. The second kappa shape index (κ2) is 4.60. The fraction of sp³-hybridized carbons (Fsp3) is 0.333. The van der Waals surface area contributed by atoms with Crippen LogP contribution in [0.5, 0.6) is 0 Å². The lowest BCUT2D eigenvalue weighted by atomic mass is 10.0. The van der Waals surface area contributed by atoms with Gasteiger partial charge in [-0.05, 0) is 24.6 Å². The summed E-state index contributed by atoms with van der Waals surface area (Å²) in [6, 6.07) is 5.07.